The number of imidazole rings is 1. The molecule has 0 unspecified atom stereocenters. The first-order valence-corrected chi connectivity index (χ1v) is 9.63. The van der Waals surface area contributed by atoms with Gasteiger partial charge in [-0.2, -0.15) is 5.10 Å². The minimum atomic E-state index is 0.500. The molecule has 3 aromatic rings. The summed E-state index contributed by atoms with van der Waals surface area (Å²) in [5.41, 5.74) is 3.01. The Balaban J connectivity index is 0. The van der Waals surface area contributed by atoms with Crippen LogP contribution >= 0.6 is 0 Å². The Morgan fingerprint density at radius 2 is 1.75 bits per heavy atom. The van der Waals surface area contributed by atoms with Gasteiger partial charge in [-0.1, -0.05) is 46.8 Å². The zero-order chi connectivity index (χ0) is 21.8. The highest BCUT2D eigenvalue weighted by Crippen LogP contribution is 2.11. The lowest BCUT2D eigenvalue weighted by Gasteiger charge is -2.07. The Kier molecular flexibility index (Phi) is 18.5. The number of rotatable bonds is 3. The second-order valence-corrected chi connectivity index (χ2v) is 4.71. The minimum absolute atomic E-state index is 0.500. The van der Waals surface area contributed by atoms with Crippen molar-refractivity contribution >= 4 is 5.65 Å². The summed E-state index contributed by atoms with van der Waals surface area (Å²) in [6.07, 6.45) is 11.6. The summed E-state index contributed by atoms with van der Waals surface area (Å²) in [5.74, 6) is 0. The van der Waals surface area contributed by atoms with Crippen LogP contribution in [-0.2, 0) is 13.0 Å². The monoisotopic (exact) mass is 390 g/mol. The number of halogens is 1. The molecule has 0 aliphatic rings. The van der Waals surface area contributed by atoms with Gasteiger partial charge in [0, 0.05) is 12.4 Å². The molecule has 0 bridgehead atoms. The first-order chi connectivity index (χ1) is 13.7. The maximum Gasteiger partial charge on any atom is 0.177 e. The summed E-state index contributed by atoms with van der Waals surface area (Å²) in [7, 11) is 0. The van der Waals surface area contributed by atoms with Gasteiger partial charge in [-0.05, 0) is 31.9 Å². The molecule has 3 heterocycles. The van der Waals surface area contributed by atoms with E-state index in [1.165, 1.54) is 11.6 Å². The average Bonchev–Trinajstić information content (AvgIpc) is 3.43. The Bertz CT molecular complexity index is 743. The molecule has 0 N–H and O–H groups in total. The molecule has 0 aromatic carbocycles. The molecule has 3 aromatic heterocycles. The van der Waals surface area contributed by atoms with Crippen LogP contribution in [0.15, 0.2) is 56.2 Å². The Morgan fingerprint density at radius 1 is 1.14 bits per heavy atom. The Morgan fingerprint density at radius 3 is 2.21 bits per heavy atom. The maximum absolute atomic E-state index is 10.5. The Hall–Kier alpha value is -2.83. The van der Waals surface area contributed by atoms with Gasteiger partial charge in [0.1, 0.15) is 6.33 Å². The molecule has 0 amide bonds. The number of allylic oxidation sites excluding steroid dienone is 2. The lowest BCUT2D eigenvalue weighted by atomic mass is 10.1. The SMILES string of the molecule is C/C=C/F.C=CC.CC.CC.CCc1cc2nncn2nc1Cn1ccnc1. The molecule has 0 saturated carbocycles. The summed E-state index contributed by atoms with van der Waals surface area (Å²) < 4.78 is 14.2. The molecule has 3 rings (SSSR count). The predicted molar refractivity (Wildman–Crippen MR) is 116 cm³/mol. The van der Waals surface area contributed by atoms with Crippen LogP contribution in [0.25, 0.3) is 5.65 Å². The topological polar surface area (TPSA) is 60.9 Å². The third-order valence-corrected chi connectivity index (χ3v) is 2.86. The molecule has 0 spiro atoms. The first-order valence-electron chi connectivity index (χ1n) is 9.63. The van der Waals surface area contributed by atoms with Crippen molar-refractivity contribution < 1.29 is 4.39 Å². The van der Waals surface area contributed by atoms with E-state index in [-0.39, 0.29) is 0 Å². The standard InChI is InChI=1S/C11H12N6.C3H5F.C3H6.2C2H6/c1-2-9-5-11-14-13-8-17(11)15-10(9)6-16-4-3-12-7-16;1-2-3-4;1-3-2;2*1-2/h3-5,7-8H,2,6H2,1H3;2-3H,1H3;3H,1H2,2H3;2*1-2H3/b;3-2+;;;. The molecule has 156 valence electrons. The number of aromatic nitrogens is 6. The molecule has 28 heavy (non-hydrogen) atoms. The van der Waals surface area contributed by atoms with Crippen LogP contribution in [0.3, 0.4) is 0 Å². The van der Waals surface area contributed by atoms with Gasteiger partial charge in [0.15, 0.2) is 5.65 Å². The van der Waals surface area contributed by atoms with Crippen molar-refractivity contribution in [2.75, 3.05) is 0 Å². The van der Waals surface area contributed by atoms with Crippen LogP contribution in [-0.4, -0.2) is 29.4 Å². The van der Waals surface area contributed by atoms with E-state index >= 15 is 0 Å². The Labute approximate surface area is 168 Å². The number of hydrogen-bond donors (Lipinski definition) is 0. The number of fused-ring (bicyclic) bond motifs is 1. The van der Waals surface area contributed by atoms with Crippen LogP contribution < -0.4 is 0 Å². The zero-order valence-electron chi connectivity index (χ0n) is 18.3. The lowest BCUT2D eigenvalue weighted by Crippen LogP contribution is -2.07. The molecular weight excluding hydrogens is 355 g/mol. The van der Waals surface area contributed by atoms with E-state index in [1.54, 1.807) is 36.4 Å². The summed E-state index contributed by atoms with van der Waals surface area (Å²) in [6, 6.07) is 2.03. The van der Waals surface area contributed by atoms with Crippen molar-refractivity contribution in [2.24, 2.45) is 0 Å². The van der Waals surface area contributed by atoms with E-state index in [2.05, 4.69) is 33.8 Å². The van der Waals surface area contributed by atoms with E-state index < -0.39 is 0 Å². The molecule has 0 aliphatic heterocycles. The highest BCUT2D eigenvalue weighted by Gasteiger charge is 2.07. The van der Waals surface area contributed by atoms with E-state index in [4.69, 9.17) is 0 Å². The fourth-order valence-corrected chi connectivity index (χ4v) is 1.84. The molecule has 0 saturated heterocycles. The van der Waals surface area contributed by atoms with Gasteiger partial charge in [0.05, 0.1) is 24.9 Å². The van der Waals surface area contributed by atoms with E-state index in [1.807, 2.05) is 51.4 Å². The molecule has 6 nitrogen and oxygen atoms in total. The molecule has 0 radical (unpaired) electrons. The second kappa shape index (κ2) is 18.9. The number of hydrogen-bond acceptors (Lipinski definition) is 4. The predicted octanol–water partition coefficient (Wildman–Crippen LogP) is 5.67. The van der Waals surface area contributed by atoms with Crippen molar-refractivity contribution in [3.8, 4) is 0 Å². The smallest absolute Gasteiger partial charge is 0.177 e. The molecule has 0 fully saturated rings. The van der Waals surface area contributed by atoms with Crippen molar-refractivity contribution in [2.45, 2.75) is 61.4 Å². The van der Waals surface area contributed by atoms with Crippen LogP contribution in [0.4, 0.5) is 4.39 Å². The normalized spacial score (nSPS) is 9.00. The molecule has 0 aliphatic carbocycles. The quantitative estimate of drug-likeness (QED) is 0.541. The highest BCUT2D eigenvalue weighted by atomic mass is 19.1. The average molecular weight is 391 g/mol. The van der Waals surface area contributed by atoms with E-state index in [9.17, 15) is 4.39 Å². The highest BCUT2D eigenvalue weighted by molar-refractivity contribution is 5.40. The summed E-state index contributed by atoms with van der Waals surface area (Å²) in [4.78, 5) is 4.03. The minimum Gasteiger partial charge on any atom is -0.331 e. The number of aryl methyl sites for hydroxylation is 1. The summed E-state index contributed by atoms with van der Waals surface area (Å²) in [5, 5.41) is 12.4. The van der Waals surface area contributed by atoms with Gasteiger partial charge < -0.3 is 4.57 Å². The first kappa shape index (κ1) is 27.4. The van der Waals surface area contributed by atoms with Gasteiger partial charge in [-0.3, -0.25) is 0 Å². The molecular formula is C21H35FN6. The van der Waals surface area contributed by atoms with Gasteiger partial charge >= 0.3 is 0 Å². The van der Waals surface area contributed by atoms with E-state index in [0.717, 1.165) is 24.3 Å². The van der Waals surface area contributed by atoms with Crippen LogP contribution in [0, 0.1) is 0 Å². The van der Waals surface area contributed by atoms with Crippen LogP contribution in [0.2, 0.25) is 0 Å². The second-order valence-electron chi connectivity index (χ2n) is 4.71. The molecule has 7 heteroatoms. The van der Waals surface area contributed by atoms with Gasteiger partial charge in [0.25, 0.3) is 0 Å². The number of nitrogens with zero attached hydrogens (tertiary/aromatic N) is 6. The van der Waals surface area contributed by atoms with E-state index in [0.29, 0.717) is 6.33 Å². The third kappa shape index (κ3) is 10.4. The van der Waals surface area contributed by atoms with Crippen molar-refractivity contribution in [3.05, 3.63) is 67.4 Å². The maximum atomic E-state index is 10.5. The third-order valence-electron chi connectivity index (χ3n) is 2.86. The largest absolute Gasteiger partial charge is 0.331 e. The van der Waals surface area contributed by atoms with Crippen molar-refractivity contribution in [1.29, 1.82) is 0 Å². The van der Waals surface area contributed by atoms with Gasteiger partial charge in [0.2, 0.25) is 0 Å². The van der Waals surface area contributed by atoms with Crippen LogP contribution in [0.5, 0.6) is 0 Å². The van der Waals surface area contributed by atoms with Crippen molar-refractivity contribution in [3.63, 3.8) is 0 Å². The van der Waals surface area contributed by atoms with Gasteiger partial charge in [-0.25, -0.2) is 13.9 Å². The van der Waals surface area contributed by atoms with Crippen molar-refractivity contribution in [1.82, 2.24) is 29.4 Å². The van der Waals surface area contributed by atoms with Gasteiger partial charge in [-0.15, -0.1) is 16.8 Å². The molecule has 0 atom stereocenters. The summed E-state index contributed by atoms with van der Waals surface area (Å²) >= 11 is 0. The summed E-state index contributed by atoms with van der Waals surface area (Å²) in [6.45, 7) is 17.7. The fourth-order valence-electron chi connectivity index (χ4n) is 1.84. The fraction of sp³-hybridized carbons (Fsp3) is 0.429. The van der Waals surface area contributed by atoms with Crippen LogP contribution in [0.1, 0.15) is 59.7 Å². The zero-order valence-corrected chi connectivity index (χ0v) is 18.3. The lowest BCUT2D eigenvalue weighted by molar-refractivity contribution is 0.719.